The summed E-state index contributed by atoms with van der Waals surface area (Å²) < 4.78 is 16.9. The first-order valence-corrected chi connectivity index (χ1v) is 11.0. The number of nitrogens with one attached hydrogen (secondary N) is 2. The van der Waals surface area contributed by atoms with Crippen LogP contribution in [0.4, 0.5) is 0 Å². The lowest BCUT2D eigenvalue weighted by atomic mass is 10.1. The van der Waals surface area contributed by atoms with Gasteiger partial charge in [-0.1, -0.05) is 24.3 Å². The van der Waals surface area contributed by atoms with Gasteiger partial charge in [-0.05, 0) is 55.4 Å². The molecule has 0 aliphatic carbocycles. The molecule has 3 rings (SSSR count). The third-order valence-corrected chi connectivity index (χ3v) is 5.12. The van der Waals surface area contributed by atoms with Crippen LogP contribution in [0, 0.1) is 0 Å². The molecule has 0 saturated carbocycles. The Kier molecular flexibility index (Phi) is 8.58. The second-order valence-electron chi connectivity index (χ2n) is 7.03. The highest BCUT2D eigenvalue weighted by molar-refractivity contribution is 7.80. The van der Waals surface area contributed by atoms with E-state index in [9.17, 15) is 9.59 Å². The average Bonchev–Trinajstić information content (AvgIpc) is 3.19. The van der Waals surface area contributed by atoms with Crippen molar-refractivity contribution in [2.45, 2.75) is 13.3 Å². The fourth-order valence-electron chi connectivity index (χ4n) is 3.21. The Morgan fingerprint density at radius 1 is 1.15 bits per heavy atom. The number of para-hydroxylation sites is 1. The maximum absolute atomic E-state index is 13.0. The Labute approximate surface area is 202 Å². The molecule has 0 saturated heterocycles. The van der Waals surface area contributed by atoms with Gasteiger partial charge in [0.2, 0.25) is 0 Å². The van der Waals surface area contributed by atoms with Gasteiger partial charge in [0.25, 0.3) is 5.56 Å². The van der Waals surface area contributed by atoms with Gasteiger partial charge < -0.3 is 19.5 Å². The Balaban J connectivity index is 1.72. The molecule has 0 atom stereocenters. The minimum absolute atomic E-state index is 0.00702. The molecule has 0 radical (unpaired) electrons. The van der Waals surface area contributed by atoms with Crippen molar-refractivity contribution in [2.24, 2.45) is 4.99 Å². The molecule has 0 aliphatic heterocycles. The number of esters is 1. The maximum atomic E-state index is 13.0. The van der Waals surface area contributed by atoms with Gasteiger partial charge in [0.1, 0.15) is 0 Å². The van der Waals surface area contributed by atoms with E-state index in [0.29, 0.717) is 30.2 Å². The van der Waals surface area contributed by atoms with Gasteiger partial charge in [0, 0.05) is 12.8 Å². The van der Waals surface area contributed by atoms with Crippen LogP contribution < -0.4 is 20.3 Å². The van der Waals surface area contributed by atoms with Gasteiger partial charge in [-0.15, -0.1) is 0 Å². The summed E-state index contributed by atoms with van der Waals surface area (Å²) in [5.74, 6) is 0.654. The summed E-state index contributed by atoms with van der Waals surface area (Å²) in [6.07, 6.45) is 1.94. The summed E-state index contributed by atoms with van der Waals surface area (Å²) in [5, 5.41) is 6.02. The van der Waals surface area contributed by atoms with E-state index >= 15 is 0 Å². The number of benzene rings is 2. The van der Waals surface area contributed by atoms with Crippen molar-refractivity contribution in [3.63, 3.8) is 0 Å². The summed E-state index contributed by atoms with van der Waals surface area (Å²) in [7, 11) is 3.17. The molecular formula is C24H26N4O5S. The summed E-state index contributed by atoms with van der Waals surface area (Å²) in [6.45, 7) is 2.37. The molecule has 0 bridgehead atoms. The van der Waals surface area contributed by atoms with Crippen molar-refractivity contribution < 1.29 is 19.0 Å². The van der Waals surface area contributed by atoms with Gasteiger partial charge in [-0.2, -0.15) is 0 Å². The lowest BCUT2D eigenvalue weighted by Crippen LogP contribution is -2.23. The molecule has 0 aliphatic rings. The number of thiocarbonyl (C=S) groups is 1. The molecule has 10 heteroatoms. The Bertz CT molecular complexity index is 1230. The van der Waals surface area contributed by atoms with Crippen molar-refractivity contribution in [3.8, 4) is 17.2 Å². The van der Waals surface area contributed by atoms with Crippen molar-refractivity contribution in [2.75, 3.05) is 27.4 Å². The molecular weight excluding hydrogens is 456 g/mol. The third-order valence-electron chi connectivity index (χ3n) is 4.87. The first-order chi connectivity index (χ1) is 16.5. The predicted molar refractivity (Wildman–Crippen MR) is 134 cm³/mol. The first kappa shape index (κ1) is 24.7. The van der Waals surface area contributed by atoms with Crippen LogP contribution in [0.15, 0.2) is 58.3 Å². The Morgan fingerprint density at radius 3 is 2.56 bits per heavy atom. The van der Waals surface area contributed by atoms with Crippen LogP contribution in [0.3, 0.4) is 0 Å². The topological polar surface area (TPSA) is 107 Å². The Morgan fingerprint density at radius 2 is 1.88 bits per heavy atom. The molecule has 9 nitrogen and oxygen atoms in total. The van der Waals surface area contributed by atoms with Crippen LogP contribution in [-0.2, 0) is 11.2 Å². The zero-order chi connectivity index (χ0) is 24.5. The van der Waals surface area contributed by atoms with Crippen molar-refractivity contribution in [3.05, 3.63) is 75.7 Å². The molecule has 34 heavy (non-hydrogen) atoms. The number of rotatable bonds is 9. The monoisotopic (exact) mass is 482 g/mol. The minimum Gasteiger partial charge on any atom is -0.493 e. The van der Waals surface area contributed by atoms with Gasteiger partial charge in [0.15, 0.2) is 22.3 Å². The lowest BCUT2D eigenvalue weighted by molar-refractivity contribution is 0.0519. The van der Waals surface area contributed by atoms with E-state index in [2.05, 4.69) is 15.4 Å². The number of aromatic amines is 1. The number of carbonyl (C=O) groups is 1. The van der Waals surface area contributed by atoms with E-state index in [1.165, 1.54) is 10.9 Å². The lowest BCUT2D eigenvalue weighted by Gasteiger charge is -2.10. The minimum atomic E-state index is -0.650. The first-order valence-electron chi connectivity index (χ1n) is 10.6. The van der Waals surface area contributed by atoms with Gasteiger partial charge in [-0.3, -0.25) is 9.89 Å². The summed E-state index contributed by atoms with van der Waals surface area (Å²) >= 11 is 5.27. The van der Waals surface area contributed by atoms with E-state index in [1.807, 2.05) is 24.3 Å². The van der Waals surface area contributed by atoms with Crippen LogP contribution in [-0.4, -0.2) is 54.4 Å². The van der Waals surface area contributed by atoms with Crippen LogP contribution in [0.25, 0.3) is 5.69 Å². The second kappa shape index (κ2) is 11.8. The fourth-order valence-corrected chi connectivity index (χ4v) is 3.36. The van der Waals surface area contributed by atoms with Gasteiger partial charge in [-0.25, -0.2) is 14.5 Å². The van der Waals surface area contributed by atoms with Crippen LogP contribution in [0.5, 0.6) is 11.5 Å². The zero-order valence-electron chi connectivity index (χ0n) is 19.2. The normalized spacial score (nSPS) is 10.8. The number of nitrogens with zero attached hydrogens (tertiary/aromatic N) is 2. The molecule has 3 aromatic rings. The Hall–Kier alpha value is -3.92. The smallest absolute Gasteiger partial charge is 0.357 e. The molecule has 0 fully saturated rings. The number of H-pyrrole nitrogens is 1. The SMILES string of the molecule is CCOC(=O)c1[nH]n(-c2ccccc2)c(=O)c1/C=N/C(=S)NCCc1ccc(OC)c(OC)c1. The molecule has 0 spiro atoms. The number of carbonyl (C=O) groups excluding carboxylic acids is 1. The predicted octanol–water partition coefficient (Wildman–Crippen LogP) is 2.90. The number of aliphatic imine (C=N–C) groups is 1. The fraction of sp³-hybridized carbons (Fsp3) is 0.250. The number of ether oxygens (including phenoxy) is 3. The van der Waals surface area contributed by atoms with Crippen LogP contribution in [0.2, 0.25) is 0 Å². The summed E-state index contributed by atoms with van der Waals surface area (Å²) in [6, 6.07) is 14.6. The van der Waals surface area contributed by atoms with E-state index in [1.54, 1.807) is 45.4 Å². The summed E-state index contributed by atoms with van der Waals surface area (Å²) in [5.41, 5.74) is 1.23. The largest absolute Gasteiger partial charge is 0.493 e. The van der Waals surface area contributed by atoms with E-state index < -0.39 is 11.5 Å². The average molecular weight is 483 g/mol. The van der Waals surface area contributed by atoms with Crippen molar-refractivity contribution in [1.29, 1.82) is 0 Å². The standard InChI is InChI=1S/C24H26N4O5S/c1-4-33-23(30)21-18(22(29)28(27-21)17-8-6-5-7-9-17)15-26-24(34)25-13-12-16-10-11-19(31-2)20(14-16)32-3/h5-11,14-15,27H,4,12-13H2,1-3H3,(H,25,34)/b26-15+. The van der Waals surface area contributed by atoms with E-state index in [4.69, 9.17) is 26.4 Å². The molecule has 0 amide bonds. The number of aromatic nitrogens is 2. The van der Waals surface area contributed by atoms with Crippen LogP contribution in [0.1, 0.15) is 28.5 Å². The summed E-state index contributed by atoms with van der Waals surface area (Å²) in [4.78, 5) is 29.5. The van der Waals surface area contributed by atoms with Crippen molar-refractivity contribution in [1.82, 2.24) is 15.1 Å². The molecule has 2 N–H and O–H groups in total. The number of hydrogen-bond donors (Lipinski definition) is 2. The highest BCUT2D eigenvalue weighted by atomic mass is 32.1. The molecule has 1 heterocycles. The molecule has 0 unspecified atom stereocenters. The molecule has 2 aromatic carbocycles. The second-order valence-corrected chi connectivity index (χ2v) is 7.41. The van der Waals surface area contributed by atoms with Crippen molar-refractivity contribution >= 4 is 29.5 Å². The quantitative estimate of drug-likeness (QED) is 0.274. The van der Waals surface area contributed by atoms with Crippen LogP contribution >= 0.6 is 12.2 Å². The van der Waals surface area contributed by atoms with Gasteiger partial charge in [0.05, 0.1) is 32.1 Å². The molecule has 1 aromatic heterocycles. The number of methoxy groups -OCH3 is 2. The number of hydrogen-bond acceptors (Lipinski definition) is 6. The highest BCUT2D eigenvalue weighted by Gasteiger charge is 2.21. The molecule has 178 valence electrons. The zero-order valence-corrected chi connectivity index (χ0v) is 20.0. The van der Waals surface area contributed by atoms with Gasteiger partial charge >= 0.3 is 5.97 Å². The highest BCUT2D eigenvalue weighted by Crippen LogP contribution is 2.27. The third kappa shape index (κ3) is 5.90. The van der Waals surface area contributed by atoms with E-state index in [-0.39, 0.29) is 23.0 Å². The maximum Gasteiger partial charge on any atom is 0.357 e. The van der Waals surface area contributed by atoms with E-state index in [0.717, 1.165) is 5.56 Å².